The summed E-state index contributed by atoms with van der Waals surface area (Å²) in [6.07, 6.45) is 5.04. The summed E-state index contributed by atoms with van der Waals surface area (Å²) in [5.41, 5.74) is 1.28. The Bertz CT molecular complexity index is 407. The van der Waals surface area contributed by atoms with Crippen LogP contribution >= 0.6 is 22.6 Å². The maximum absolute atomic E-state index is 6.31. The van der Waals surface area contributed by atoms with Crippen LogP contribution in [0.3, 0.4) is 0 Å². The number of hydrogen-bond donors (Lipinski definition) is 0. The summed E-state index contributed by atoms with van der Waals surface area (Å²) < 4.78 is 12.7. The van der Waals surface area contributed by atoms with Crippen LogP contribution in [0.1, 0.15) is 38.2 Å². The fraction of sp³-hybridized carbons (Fsp3) is 0.625. The molecule has 0 aliphatic heterocycles. The molecule has 0 saturated heterocycles. The molecule has 1 aromatic rings. The number of rotatable bonds is 5. The first kappa shape index (κ1) is 15.1. The molecule has 1 aliphatic rings. The Hall–Kier alpha value is -0.290. The highest BCUT2D eigenvalue weighted by Crippen LogP contribution is 2.37. The van der Waals surface area contributed by atoms with Crippen molar-refractivity contribution in [3.63, 3.8) is 0 Å². The Morgan fingerprint density at radius 2 is 2.26 bits per heavy atom. The average Bonchev–Trinajstić information content (AvgIpc) is 2.45. The third kappa shape index (κ3) is 4.09. The maximum atomic E-state index is 6.31. The van der Waals surface area contributed by atoms with Crippen molar-refractivity contribution in [2.75, 3.05) is 11.5 Å². The average molecular weight is 374 g/mol. The molecular formula is C16H23IO2. The van der Waals surface area contributed by atoms with Gasteiger partial charge in [-0.05, 0) is 36.5 Å². The van der Waals surface area contributed by atoms with Crippen molar-refractivity contribution >= 4 is 22.6 Å². The van der Waals surface area contributed by atoms with Gasteiger partial charge in [-0.25, -0.2) is 0 Å². The second-order valence-corrected chi connectivity index (χ2v) is 6.42. The van der Waals surface area contributed by atoms with Crippen LogP contribution in [0.4, 0.5) is 0 Å². The number of ether oxygens (including phenoxy) is 2. The molecule has 0 bridgehead atoms. The summed E-state index contributed by atoms with van der Waals surface area (Å²) in [5, 5.41) is 0. The summed E-state index contributed by atoms with van der Waals surface area (Å²) in [6.45, 7) is 3.03. The van der Waals surface area contributed by atoms with E-state index in [4.69, 9.17) is 9.47 Å². The Morgan fingerprint density at radius 3 is 2.95 bits per heavy atom. The van der Waals surface area contributed by atoms with E-state index in [0.717, 1.165) is 16.1 Å². The van der Waals surface area contributed by atoms with Gasteiger partial charge in [0.15, 0.2) is 0 Å². The number of alkyl halides is 1. The molecule has 2 rings (SSSR count). The maximum Gasteiger partial charge on any atom is 0.119 e. The van der Waals surface area contributed by atoms with Gasteiger partial charge in [0.2, 0.25) is 0 Å². The quantitative estimate of drug-likeness (QED) is 0.554. The minimum Gasteiger partial charge on any atom is -0.497 e. The molecule has 0 spiro atoms. The molecule has 19 heavy (non-hydrogen) atoms. The highest BCUT2D eigenvalue weighted by Gasteiger charge is 2.34. The molecule has 0 amide bonds. The summed E-state index contributed by atoms with van der Waals surface area (Å²) in [5.74, 6) is 1.69. The van der Waals surface area contributed by atoms with E-state index >= 15 is 0 Å². The van der Waals surface area contributed by atoms with Crippen LogP contribution in [0, 0.1) is 5.92 Å². The van der Waals surface area contributed by atoms with E-state index < -0.39 is 0 Å². The minimum atomic E-state index is 0.0846. The van der Waals surface area contributed by atoms with Crippen molar-refractivity contribution in [3.05, 3.63) is 29.8 Å². The predicted octanol–water partition coefficient (Wildman–Crippen LogP) is 4.60. The van der Waals surface area contributed by atoms with Crippen molar-refractivity contribution < 1.29 is 9.47 Å². The fourth-order valence-corrected chi connectivity index (χ4v) is 3.81. The Balaban J connectivity index is 1.98. The molecule has 2 nitrogen and oxygen atoms in total. The van der Waals surface area contributed by atoms with Gasteiger partial charge < -0.3 is 9.47 Å². The van der Waals surface area contributed by atoms with E-state index in [9.17, 15) is 0 Å². The summed E-state index contributed by atoms with van der Waals surface area (Å²) in [6, 6.07) is 8.17. The van der Waals surface area contributed by atoms with E-state index in [1.54, 1.807) is 7.11 Å². The topological polar surface area (TPSA) is 18.5 Å². The standard InChI is InChI=1S/C16H23IO2/c1-13-5-4-8-16(10-13,12-17)19-11-14-6-3-7-15(9-14)18-2/h3,6-7,9,13H,4-5,8,10-12H2,1-2H3. The first-order valence-electron chi connectivity index (χ1n) is 7.00. The smallest absolute Gasteiger partial charge is 0.119 e. The summed E-state index contributed by atoms with van der Waals surface area (Å²) in [4.78, 5) is 0. The minimum absolute atomic E-state index is 0.0846. The summed E-state index contributed by atoms with van der Waals surface area (Å²) in [7, 11) is 1.70. The van der Waals surface area contributed by atoms with Gasteiger partial charge in [-0.1, -0.05) is 54.5 Å². The molecule has 1 fully saturated rings. The van der Waals surface area contributed by atoms with Crippen molar-refractivity contribution in [2.24, 2.45) is 5.92 Å². The molecule has 0 heterocycles. The first-order chi connectivity index (χ1) is 9.17. The zero-order valence-electron chi connectivity index (χ0n) is 11.8. The number of benzene rings is 1. The zero-order valence-corrected chi connectivity index (χ0v) is 14.0. The van der Waals surface area contributed by atoms with E-state index in [0.29, 0.717) is 6.61 Å². The van der Waals surface area contributed by atoms with E-state index in [1.165, 1.54) is 31.2 Å². The van der Waals surface area contributed by atoms with Gasteiger partial charge in [0, 0.05) is 4.43 Å². The van der Waals surface area contributed by atoms with Crippen LogP contribution in [-0.2, 0) is 11.3 Å². The highest BCUT2D eigenvalue weighted by atomic mass is 127. The van der Waals surface area contributed by atoms with Gasteiger partial charge >= 0.3 is 0 Å². The van der Waals surface area contributed by atoms with E-state index in [-0.39, 0.29) is 5.60 Å². The molecule has 3 heteroatoms. The lowest BCUT2D eigenvalue weighted by molar-refractivity contribution is -0.0717. The third-order valence-electron chi connectivity index (χ3n) is 3.97. The van der Waals surface area contributed by atoms with Crippen molar-refractivity contribution in [1.29, 1.82) is 0 Å². The molecular weight excluding hydrogens is 351 g/mol. The van der Waals surface area contributed by atoms with Gasteiger partial charge in [0.05, 0.1) is 19.3 Å². The van der Waals surface area contributed by atoms with Gasteiger partial charge in [-0.3, -0.25) is 0 Å². The predicted molar refractivity (Wildman–Crippen MR) is 87.0 cm³/mol. The van der Waals surface area contributed by atoms with E-state index in [1.807, 2.05) is 12.1 Å². The Labute approximate surface area is 130 Å². The second kappa shape index (κ2) is 6.93. The largest absolute Gasteiger partial charge is 0.497 e. The molecule has 1 aromatic carbocycles. The molecule has 1 saturated carbocycles. The molecule has 0 radical (unpaired) electrons. The van der Waals surface area contributed by atoms with E-state index in [2.05, 4.69) is 41.6 Å². The van der Waals surface area contributed by atoms with Crippen LogP contribution in [0.15, 0.2) is 24.3 Å². The molecule has 2 atom stereocenters. The number of methoxy groups -OCH3 is 1. The lowest BCUT2D eigenvalue weighted by atomic mass is 9.80. The van der Waals surface area contributed by atoms with Gasteiger partial charge in [0.25, 0.3) is 0 Å². The Kier molecular flexibility index (Phi) is 5.51. The first-order valence-corrected chi connectivity index (χ1v) is 8.53. The van der Waals surface area contributed by atoms with Gasteiger partial charge in [0.1, 0.15) is 5.75 Å². The molecule has 0 N–H and O–H groups in total. The fourth-order valence-electron chi connectivity index (χ4n) is 2.90. The number of hydrogen-bond acceptors (Lipinski definition) is 2. The molecule has 2 unspecified atom stereocenters. The molecule has 0 aromatic heterocycles. The third-order valence-corrected chi connectivity index (χ3v) is 5.36. The van der Waals surface area contributed by atoms with Crippen molar-refractivity contribution in [2.45, 2.75) is 44.8 Å². The van der Waals surface area contributed by atoms with Crippen LogP contribution in [0.2, 0.25) is 0 Å². The van der Waals surface area contributed by atoms with Crippen molar-refractivity contribution in [3.8, 4) is 5.75 Å². The SMILES string of the molecule is COc1cccc(COC2(CI)CCCC(C)C2)c1. The normalized spacial score (nSPS) is 27.2. The van der Waals surface area contributed by atoms with Gasteiger partial charge in [-0.2, -0.15) is 0 Å². The van der Waals surface area contributed by atoms with Crippen LogP contribution in [0.25, 0.3) is 0 Å². The Morgan fingerprint density at radius 1 is 1.42 bits per heavy atom. The van der Waals surface area contributed by atoms with Crippen LogP contribution < -0.4 is 4.74 Å². The van der Waals surface area contributed by atoms with Crippen molar-refractivity contribution in [1.82, 2.24) is 0 Å². The zero-order chi connectivity index (χ0) is 13.7. The molecule has 1 aliphatic carbocycles. The monoisotopic (exact) mass is 374 g/mol. The van der Waals surface area contributed by atoms with Gasteiger partial charge in [-0.15, -0.1) is 0 Å². The second-order valence-electron chi connectivity index (χ2n) is 5.66. The lowest BCUT2D eigenvalue weighted by Crippen LogP contribution is -2.39. The van der Waals surface area contributed by atoms with Crippen LogP contribution in [-0.4, -0.2) is 17.1 Å². The number of halogens is 1. The van der Waals surface area contributed by atoms with Crippen LogP contribution in [0.5, 0.6) is 5.75 Å². The highest BCUT2D eigenvalue weighted by molar-refractivity contribution is 14.1. The summed E-state index contributed by atoms with van der Waals surface area (Å²) >= 11 is 2.48. The molecule has 106 valence electrons. The lowest BCUT2D eigenvalue weighted by Gasteiger charge is -2.38.